The molecule has 0 aliphatic carbocycles. The highest BCUT2D eigenvalue weighted by Gasteiger charge is 2.15. The Morgan fingerprint density at radius 3 is 2.78 bits per heavy atom. The van der Waals surface area contributed by atoms with Gasteiger partial charge in [0.15, 0.2) is 0 Å². The molecule has 0 aromatic heterocycles. The number of halogens is 1. The van der Waals surface area contributed by atoms with Crippen LogP contribution in [0.4, 0.5) is 0 Å². The van der Waals surface area contributed by atoms with Crippen LogP contribution in [0.2, 0.25) is 0 Å². The molecule has 1 fully saturated rings. The summed E-state index contributed by atoms with van der Waals surface area (Å²) in [6, 6.07) is 8.12. The lowest BCUT2D eigenvalue weighted by atomic mass is 10.3. The van der Waals surface area contributed by atoms with Gasteiger partial charge in [0.1, 0.15) is 0 Å². The average Bonchev–Trinajstić information content (AvgIpc) is 2.42. The average molecular weight is 329 g/mol. The molecule has 1 N–H and O–H groups in total. The maximum atomic E-state index is 11.9. The molecule has 1 saturated heterocycles. The van der Waals surface area contributed by atoms with Crippen molar-refractivity contribution in [3.63, 3.8) is 0 Å². The van der Waals surface area contributed by atoms with Crippen LogP contribution in [0.1, 0.15) is 6.42 Å². The number of benzene rings is 1. The quantitative estimate of drug-likeness (QED) is 0.861. The summed E-state index contributed by atoms with van der Waals surface area (Å²) in [5.74, 6) is 1.11. The van der Waals surface area contributed by atoms with E-state index in [-0.39, 0.29) is 5.91 Å². The molecule has 1 aliphatic rings. The van der Waals surface area contributed by atoms with Crippen LogP contribution in [0.25, 0.3) is 0 Å². The maximum absolute atomic E-state index is 11.9. The fourth-order valence-corrected chi connectivity index (χ4v) is 3.39. The van der Waals surface area contributed by atoms with Crippen molar-refractivity contribution in [2.75, 3.05) is 31.9 Å². The number of nitrogens with one attached hydrogen (secondary N) is 1. The number of carbonyl (C=O) groups excluding carboxylic acids is 1. The molecule has 3 nitrogen and oxygen atoms in total. The van der Waals surface area contributed by atoms with Crippen molar-refractivity contribution in [1.82, 2.24) is 10.2 Å². The SMILES string of the molecule is O=C(CCSc1ccccc1Br)N1CCNCC1. The summed E-state index contributed by atoms with van der Waals surface area (Å²) in [4.78, 5) is 15.1. The van der Waals surface area contributed by atoms with E-state index in [2.05, 4.69) is 27.3 Å². The number of hydrogen-bond acceptors (Lipinski definition) is 3. The zero-order valence-electron chi connectivity index (χ0n) is 10.2. The Morgan fingerprint density at radius 2 is 2.06 bits per heavy atom. The molecular formula is C13H17BrN2OS. The van der Waals surface area contributed by atoms with E-state index in [0.29, 0.717) is 6.42 Å². The van der Waals surface area contributed by atoms with E-state index in [1.165, 1.54) is 4.90 Å². The minimum atomic E-state index is 0.274. The minimum Gasteiger partial charge on any atom is -0.340 e. The second kappa shape index (κ2) is 7.16. The maximum Gasteiger partial charge on any atom is 0.223 e. The third kappa shape index (κ3) is 4.00. The van der Waals surface area contributed by atoms with Crippen molar-refractivity contribution in [1.29, 1.82) is 0 Å². The first-order valence-electron chi connectivity index (χ1n) is 6.13. The fourth-order valence-electron chi connectivity index (χ4n) is 1.88. The second-order valence-electron chi connectivity index (χ2n) is 4.16. The molecule has 0 spiro atoms. The molecule has 0 unspecified atom stereocenters. The van der Waals surface area contributed by atoms with Gasteiger partial charge in [0, 0.05) is 47.7 Å². The van der Waals surface area contributed by atoms with Crippen molar-refractivity contribution in [2.45, 2.75) is 11.3 Å². The Balaban J connectivity index is 1.75. The van der Waals surface area contributed by atoms with Crippen LogP contribution in [0.3, 0.4) is 0 Å². The predicted octanol–water partition coefficient (Wildman–Crippen LogP) is 2.36. The minimum absolute atomic E-state index is 0.274. The van der Waals surface area contributed by atoms with E-state index in [0.717, 1.165) is 36.4 Å². The molecule has 0 radical (unpaired) electrons. The van der Waals surface area contributed by atoms with Crippen molar-refractivity contribution < 1.29 is 4.79 Å². The van der Waals surface area contributed by atoms with Gasteiger partial charge in [-0.2, -0.15) is 0 Å². The van der Waals surface area contributed by atoms with Crippen LogP contribution in [0, 0.1) is 0 Å². The number of piperazine rings is 1. The molecule has 0 saturated carbocycles. The first-order valence-corrected chi connectivity index (χ1v) is 7.91. The number of rotatable bonds is 4. The zero-order chi connectivity index (χ0) is 12.8. The van der Waals surface area contributed by atoms with Crippen LogP contribution in [-0.2, 0) is 4.79 Å². The van der Waals surface area contributed by atoms with E-state index in [1.54, 1.807) is 11.8 Å². The van der Waals surface area contributed by atoms with Gasteiger partial charge in [-0.3, -0.25) is 4.79 Å². The van der Waals surface area contributed by atoms with Gasteiger partial charge < -0.3 is 10.2 Å². The van der Waals surface area contributed by atoms with Crippen LogP contribution < -0.4 is 5.32 Å². The molecule has 0 bridgehead atoms. The Labute approximate surface area is 120 Å². The van der Waals surface area contributed by atoms with Crippen molar-refractivity contribution >= 4 is 33.6 Å². The fraction of sp³-hybridized carbons (Fsp3) is 0.462. The number of thioether (sulfide) groups is 1. The molecule has 1 aliphatic heterocycles. The highest BCUT2D eigenvalue weighted by molar-refractivity contribution is 9.10. The number of nitrogens with zero attached hydrogens (tertiary/aromatic N) is 1. The third-order valence-corrected chi connectivity index (χ3v) is 4.91. The summed E-state index contributed by atoms with van der Waals surface area (Å²) in [7, 11) is 0. The van der Waals surface area contributed by atoms with Crippen molar-refractivity contribution in [2.24, 2.45) is 0 Å². The van der Waals surface area contributed by atoms with E-state index in [1.807, 2.05) is 23.1 Å². The second-order valence-corrected chi connectivity index (χ2v) is 6.15. The monoisotopic (exact) mass is 328 g/mol. The Morgan fingerprint density at radius 1 is 1.33 bits per heavy atom. The molecular weight excluding hydrogens is 312 g/mol. The Kier molecular flexibility index (Phi) is 5.53. The van der Waals surface area contributed by atoms with Gasteiger partial charge in [-0.1, -0.05) is 12.1 Å². The van der Waals surface area contributed by atoms with E-state index >= 15 is 0 Å². The van der Waals surface area contributed by atoms with E-state index in [9.17, 15) is 4.79 Å². The lowest BCUT2D eigenvalue weighted by Gasteiger charge is -2.27. The molecule has 1 heterocycles. The molecule has 5 heteroatoms. The van der Waals surface area contributed by atoms with Crippen molar-refractivity contribution in [3.8, 4) is 0 Å². The van der Waals surface area contributed by atoms with Crippen LogP contribution >= 0.6 is 27.7 Å². The van der Waals surface area contributed by atoms with Gasteiger partial charge in [0.25, 0.3) is 0 Å². The smallest absolute Gasteiger partial charge is 0.223 e. The lowest BCUT2D eigenvalue weighted by molar-refractivity contribution is -0.131. The highest BCUT2D eigenvalue weighted by atomic mass is 79.9. The van der Waals surface area contributed by atoms with Gasteiger partial charge in [-0.25, -0.2) is 0 Å². The molecule has 0 atom stereocenters. The molecule has 1 aromatic rings. The van der Waals surface area contributed by atoms with Crippen LogP contribution in [0.15, 0.2) is 33.6 Å². The van der Waals surface area contributed by atoms with Crippen LogP contribution in [0.5, 0.6) is 0 Å². The van der Waals surface area contributed by atoms with Crippen LogP contribution in [-0.4, -0.2) is 42.7 Å². The lowest BCUT2D eigenvalue weighted by Crippen LogP contribution is -2.46. The normalized spacial score (nSPS) is 15.7. The predicted molar refractivity (Wildman–Crippen MR) is 78.9 cm³/mol. The topological polar surface area (TPSA) is 32.3 Å². The number of carbonyl (C=O) groups is 1. The summed E-state index contributed by atoms with van der Waals surface area (Å²) in [5, 5.41) is 3.25. The van der Waals surface area contributed by atoms with Gasteiger partial charge in [-0.15, -0.1) is 11.8 Å². The van der Waals surface area contributed by atoms with E-state index < -0.39 is 0 Å². The van der Waals surface area contributed by atoms with Crippen molar-refractivity contribution in [3.05, 3.63) is 28.7 Å². The largest absolute Gasteiger partial charge is 0.340 e. The molecule has 1 amide bonds. The van der Waals surface area contributed by atoms with Gasteiger partial charge in [0.2, 0.25) is 5.91 Å². The van der Waals surface area contributed by atoms with Gasteiger partial charge >= 0.3 is 0 Å². The number of amides is 1. The molecule has 2 rings (SSSR count). The summed E-state index contributed by atoms with van der Waals surface area (Å²) in [6.07, 6.45) is 0.617. The third-order valence-electron chi connectivity index (χ3n) is 2.88. The highest BCUT2D eigenvalue weighted by Crippen LogP contribution is 2.27. The summed E-state index contributed by atoms with van der Waals surface area (Å²) >= 11 is 5.25. The first-order chi connectivity index (χ1) is 8.77. The number of hydrogen-bond donors (Lipinski definition) is 1. The Hall–Kier alpha value is -0.520. The molecule has 1 aromatic carbocycles. The molecule has 18 heavy (non-hydrogen) atoms. The summed E-state index contributed by atoms with van der Waals surface area (Å²) in [5.41, 5.74) is 0. The summed E-state index contributed by atoms with van der Waals surface area (Å²) in [6.45, 7) is 3.53. The van der Waals surface area contributed by atoms with Gasteiger partial charge in [-0.05, 0) is 28.1 Å². The Bertz CT molecular complexity index is 408. The summed E-state index contributed by atoms with van der Waals surface area (Å²) < 4.78 is 1.10. The van der Waals surface area contributed by atoms with Gasteiger partial charge in [0.05, 0.1) is 0 Å². The first kappa shape index (κ1) is 13.9. The molecule has 98 valence electrons. The standard InChI is InChI=1S/C13H17BrN2OS/c14-11-3-1-2-4-12(11)18-10-5-13(17)16-8-6-15-7-9-16/h1-4,15H,5-10H2. The zero-order valence-corrected chi connectivity index (χ0v) is 12.6. The van der Waals surface area contributed by atoms with E-state index in [4.69, 9.17) is 0 Å².